The highest BCUT2D eigenvalue weighted by molar-refractivity contribution is 7.92. The third-order valence-corrected chi connectivity index (χ3v) is 7.40. The number of hydrogen-bond donors (Lipinski definition) is 1. The van der Waals surface area contributed by atoms with Gasteiger partial charge in [-0.3, -0.25) is 9.10 Å². The number of anilines is 2. The average Bonchev–Trinajstić information content (AvgIpc) is 2.81. The first-order chi connectivity index (χ1) is 15.3. The average molecular weight is 473 g/mol. The Hall–Kier alpha value is -3.23. The van der Waals surface area contributed by atoms with Gasteiger partial charge >= 0.3 is 0 Å². The molecule has 1 atom stereocenters. The normalized spacial score (nSPS) is 15.5. The van der Waals surface area contributed by atoms with Crippen LogP contribution in [0, 0.1) is 6.92 Å². The van der Waals surface area contributed by atoms with Crippen LogP contribution >= 0.6 is 11.6 Å². The number of hydrogen-bond acceptors (Lipinski definition) is 5. The van der Waals surface area contributed by atoms with Crippen LogP contribution in [0.3, 0.4) is 0 Å². The van der Waals surface area contributed by atoms with Crippen LogP contribution in [0.15, 0.2) is 71.6 Å². The van der Waals surface area contributed by atoms with Gasteiger partial charge in [0, 0.05) is 10.7 Å². The van der Waals surface area contributed by atoms with Gasteiger partial charge in [-0.2, -0.15) is 0 Å². The lowest BCUT2D eigenvalue weighted by atomic mass is 10.1. The van der Waals surface area contributed by atoms with Crippen molar-refractivity contribution in [1.29, 1.82) is 0 Å². The number of benzene rings is 3. The van der Waals surface area contributed by atoms with E-state index in [9.17, 15) is 13.2 Å². The molecule has 0 bridgehead atoms. The van der Waals surface area contributed by atoms with Crippen LogP contribution in [0.25, 0.3) is 0 Å². The molecule has 3 aromatic rings. The maximum Gasteiger partial charge on any atom is 0.267 e. The van der Waals surface area contributed by atoms with Crippen LogP contribution in [-0.2, 0) is 14.8 Å². The summed E-state index contributed by atoms with van der Waals surface area (Å²) in [6.07, 6.45) is -1.06. The van der Waals surface area contributed by atoms with E-state index in [1.165, 1.54) is 23.5 Å². The monoisotopic (exact) mass is 472 g/mol. The maximum atomic E-state index is 13.5. The number of ether oxygens (including phenoxy) is 2. The number of sulfonamides is 1. The zero-order valence-electron chi connectivity index (χ0n) is 17.4. The Morgan fingerprint density at radius 2 is 1.81 bits per heavy atom. The molecule has 3 aromatic carbocycles. The molecule has 1 N–H and O–H groups in total. The second-order valence-corrected chi connectivity index (χ2v) is 9.46. The Labute approximate surface area is 191 Å². The van der Waals surface area contributed by atoms with Gasteiger partial charge in [-0.05, 0) is 61.0 Å². The number of amides is 1. The number of nitrogens with zero attached hydrogens (tertiary/aromatic N) is 1. The summed E-state index contributed by atoms with van der Waals surface area (Å²) in [5, 5.41) is 3.31. The highest BCUT2D eigenvalue weighted by Gasteiger charge is 2.37. The molecule has 32 heavy (non-hydrogen) atoms. The minimum Gasteiger partial charge on any atom is -0.497 e. The first-order valence-corrected chi connectivity index (χ1v) is 11.6. The third-order valence-electron chi connectivity index (χ3n) is 5.20. The summed E-state index contributed by atoms with van der Waals surface area (Å²) in [6.45, 7) is 1.60. The fourth-order valence-electron chi connectivity index (χ4n) is 3.40. The molecule has 1 aliphatic heterocycles. The van der Waals surface area contributed by atoms with Crippen molar-refractivity contribution >= 4 is 38.9 Å². The minimum atomic E-state index is -3.96. The van der Waals surface area contributed by atoms with Crippen LogP contribution in [-0.4, -0.2) is 34.1 Å². The van der Waals surface area contributed by atoms with Gasteiger partial charge in [-0.1, -0.05) is 29.8 Å². The number of carbonyl (C=O) groups excluding carboxylic acids is 1. The van der Waals surface area contributed by atoms with E-state index < -0.39 is 22.0 Å². The first kappa shape index (κ1) is 22.0. The molecule has 0 saturated heterocycles. The van der Waals surface area contributed by atoms with Gasteiger partial charge < -0.3 is 14.8 Å². The van der Waals surface area contributed by atoms with Crippen molar-refractivity contribution in [3.8, 4) is 11.5 Å². The van der Waals surface area contributed by atoms with Gasteiger partial charge in [0.2, 0.25) is 0 Å². The third kappa shape index (κ3) is 4.11. The van der Waals surface area contributed by atoms with E-state index >= 15 is 0 Å². The Morgan fingerprint density at radius 3 is 2.53 bits per heavy atom. The van der Waals surface area contributed by atoms with Crippen molar-refractivity contribution in [3.05, 3.63) is 77.3 Å². The molecule has 166 valence electrons. The molecule has 1 amide bonds. The summed E-state index contributed by atoms with van der Waals surface area (Å²) in [7, 11) is -2.45. The predicted molar refractivity (Wildman–Crippen MR) is 123 cm³/mol. The standard InChI is InChI=1S/C23H21ClN2O5S/c1-15-18(24)6-5-7-19(15)25-23(27)22-14-26(20-8-3-4-9-21(20)31-22)32(28,29)17-12-10-16(30-2)11-13-17/h3-13,22H,14H2,1-2H3,(H,25,27)/t22-/m1/s1. The van der Waals surface area contributed by atoms with Crippen molar-refractivity contribution in [2.75, 3.05) is 23.3 Å². The smallest absolute Gasteiger partial charge is 0.267 e. The Morgan fingerprint density at radius 1 is 1.09 bits per heavy atom. The van der Waals surface area contributed by atoms with Crippen LogP contribution in [0.5, 0.6) is 11.5 Å². The Kier molecular flexibility index (Phi) is 5.99. The lowest BCUT2D eigenvalue weighted by Gasteiger charge is -2.34. The van der Waals surface area contributed by atoms with Crippen molar-refractivity contribution < 1.29 is 22.7 Å². The number of rotatable bonds is 5. The predicted octanol–water partition coefficient (Wildman–Crippen LogP) is 4.25. The molecule has 0 unspecified atom stereocenters. The molecule has 0 aromatic heterocycles. The number of halogens is 1. The Balaban J connectivity index is 1.67. The van der Waals surface area contributed by atoms with E-state index in [-0.39, 0.29) is 11.4 Å². The van der Waals surface area contributed by atoms with Crippen LogP contribution in [0.1, 0.15) is 5.56 Å². The molecular formula is C23H21ClN2O5S. The van der Waals surface area contributed by atoms with Gasteiger partial charge in [0.25, 0.3) is 15.9 Å². The van der Waals surface area contributed by atoms with Gasteiger partial charge in [-0.25, -0.2) is 8.42 Å². The molecular weight excluding hydrogens is 452 g/mol. The van der Waals surface area contributed by atoms with Gasteiger partial charge in [0.05, 0.1) is 24.2 Å². The largest absolute Gasteiger partial charge is 0.497 e. The molecule has 0 radical (unpaired) electrons. The number of carbonyl (C=O) groups is 1. The van der Waals surface area contributed by atoms with Crippen LogP contribution in [0.4, 0.5) is 11.4 Å². The second kappa shape index (κ2) is 8.72. The van der Waals surface area contributed by atoms with Crippen LogP contribution in [0.2, 0.25) is 5.02 Å². The highest BCUT2D eigenvalue weighted by Crippen LogP contribution is 2.37. The summed E-state index contributed by atoms with van der Waals surface area (Å²) in [5.74, 6) is 0.374. The molecule has 7 nitrogen and oxygen atoms in total. The Bertz CT molecular complexity index is 1260. The molecule has 0 saturated carbocycles. The topological polar surface area (TPSA) is 84.9 Å². The zero-order valence-corrected chi connectivity index (χ0v) is 19.0. The summed E-state index contributed by atoms with van der Waals surface area (Å²) in [5.41, 5.74) is 1.61. The van der Waals surface area contributed by atoms with Gasteiger partial charge in [0.1, 0.15) is 11.5 Å². The summed E-state index contributed by atoms with van der Waals surface area (Å²) in [6, 6.07) is 18.0. The fraction of sp³-hybridized carbons (Fsp3) is 0.174. The summed E-state index contributed by atoms with van der Waals surface area (Å²) < 4.78 is 39.1. The zero-order chi connectivity index (χ0) is 22.9. The lowest BCUT2D eigenvalue weighted by Crippen LogP contribution is -2.48. The summed E-state index contributed by atoms with van der Waals surface area (Å²) >= 11 is 6.14. The number of para-hydroxylation sites is 2. The molecule has 1 aliphatic rings. The minimum absolute atomic E-state index is 0.0832. The molecule has 0 aliphatic carbocycles. The van der Waals surface area contributed by atoms with E-state index in [4.69, 9.17) is 21.1 Å². The van der Waals surface area contributed by atoms with E-state index in [1.807, 2.05) is 0 Å². The van der Waals surface area contributed by atoms with E-state index in [0.717, 1.165) is 0 Å². The van der Waals surface area contributed by atoms with Crippen molar-refractivity contribution in [3.63, 3.8) is 0 Å². The van der Waals surface area contributed by atoms with E-state index in [1.54, 1.807) is 61.5 Å². The highest BCUT2D eigenvalue weighted by atomic mass is 35.5. The van der Waals surface area contributed by atoms with Crippen molar-refractivity contribution in [2.24, 2.45) is 0 Å². The number of fused-ring (bicyclic) bond motifs is 1. The second-order valence-electron chi connectivity index (χ2n) is 7.19. The lowest BCUT2D eigenvalue weighted by molar-refractivity contribution is -0.122. The fourth-order valence-corrected chi connectivity index (χ4v) is 5.05. The molecule has 9 heteroatoms. The first-order valence-electron chi connectivity index (χ1n) is 9.79. The van der Waals surface area contributed by atoms with Crippen molar-refractivity contribution in [2.45, 2.75) is 17.9 Å². The number of nitrogens with one attached hydrogen (secondary N) is 1. The van der Waals surface area contributed by atoms with E-state index in [0.29, 0.717) is 33.5 Å². The van der Waals surface area contributed by atoms with Gasteiger partial charge in [-0.15, -0.1) is 0 Å². The molecule has 4 rings (SSSR count). The van der Waals surface area contributed by atoms with Gasteiger partial charge in [0.15, 0.2) is 6.10 Å². The summed E-state index contributed by atoms with van der Waals surface area (Å²) in [4.78, 5) is 13.1. The van der Waals surface area contributed by atoms with Crippen LogP contribution < -0.4 is 19.1 Å². The molecule has 1 heterocycles. The van der Waals surface area contributed by atoms with Crippen molar-refractivity contribution in [1.82, 2.24) is 0 Å². The maximum absolute atomic E-state index is 13.5. The quantitative estimate of drug-likeness (QED) is 0.600. The molecule has 0 fully saturated rings. The SMILES string of the molecule is COc1ccc(S(=O)(=O)N2C[C@H](C(=O)Nc3cccc(Cl)c3C)Oc3ccccc32)cc1. The van der Waals surface area contributed by atoms with E-state index in [2.05, 4.69) is 5.32 Å². The molecule has 0 spiro atoms. The number of methoxy groups -OCH3 is 1.